The van der Waals surface area contributed by atoms with Gasteiger partial charge in [0, 0.05) is 50.7 Å². The zero-order chi connectivity index (χ0) is 20.5. The van der Waals surface area contributed by atoms with Crippen LogP contribution in [0.3, 0.4) is 0 Å². The summed E-state index contributed by atoms with van der Waals surface area (Å²) in [6.45, 7) is 6.16. The first kappa shape index (κ1) is 20.2. The molecule has 3 heterocycles. The molecule has 9 heteroatoms. The summed E-state index contributed by atoms with van der Waals surface area (Å²) in [4.78, 5) is 20.5. The van der Waals surface area contributed by atoms with E-state index in [1.54, 1.807) is 4.68 Å². The molecule has 1 saturated heterocycles. The quantitative estimate of drug-likeness (QED) is 0.802. The molecule has 6 nitrogen and oxygen atoms in total. The van der Waals surface area contributed by atoms with Crippen LogP contribution < -0.4 is 4.90 Å². The number of pyridine rings is 1. The molecule has 152 valence electrons. The molecule has 1 aliphatic rings. The van der Waals surface area contributed by atoms with E-state index in [9.17, 15) is 18.0 Å². The second-order valence-corrected chi connectivity index (χ2v) is 7.07. The Morgan fingerprint density at radius 1 is 1.14 bits per heavy atom. The number of alkyl halides is 3. The van der Waals surface area contributed by atoms with Gasteiger partial charge in [0.05, 0.1) is 17.7 Å². The van der Waals surface area contributed by atoms with Gasteiger partial charge < -0.3 is 9.80 Å². The van der Waals surface area contributed by atoms with E-state index in [0.29, 0.717) is 38.4 Å². The van der Waals surface area contributed by atoms with Gasteiger partial charge in [0.15, 0.2) is 0 Å². The topological polar surface area (TPSA) is 54.3 Å². The second kappa shape index (κ2) is 7.81. The summed E-state index contributed by atoms with van der Waals surface area (Å²) < 4.78 is 39.9. The van der Waals surface area contributed by atoms with Gasteiger partial charge in [0.2, 0.25) is 5.91 Å². The van der Waals surface area contributed by atoms with Gasteiger partial charge in [-0.25, -0.2) is 4.98 Å². The number of amides is 1. The summed E-state index contributed by atoms with van der Waals surface area (Å²) in [5.74, 6) is 0.544. The van der Waals surface area contributed by atoms with Crippen LogP contribution in [0, 0.1) is 13.8 Å². The van der Waals surface area contributed by atoms with Crippen LogP contribution in [0.1, 0.15) is 28.9 Å². The molecule has 0 aliphatic carbocycles. The van der Waals surface area contributed by atoms with Crippen LogP contribution in [-0.4, -0.2) is 51.8 Å². The van der Waals surface area contributed by atoms with Gasteiger partial charge in [-0.3, -0.25) is 9.48 Å². The lowest BCUT2D eigenvalue weighted by Crippen LogP contribution is -2.36. The first-order chi connectivity index (χ1) is 13.2. The molecule has 0 radical (unpaired) electrons. The van der Waals surface area contributed by atoms with Crippen molar-refractivity contribution in [1.82, 2.24) is 19.7 Å². The molecule has 3 rings (SSSR count). The van der Waals surface area contributed by atoms with Crippen LogP contribution in [-0.2, 0) is 24.4 Å². The van der Waals surface area contributed by atoms with Crippen molar-refractivity contribution in [3.8, 4) is 0 Å². The maximum atomic E-state index is 12.8. The number of carbonyl (C=O) groups excluding carboxylic acids is 1. The van der Waals surface area contributed by atoms with E-state index in [4.69, 9.17) is 0 Å². The van der Waals surface area contributed by atoms with E-state index < -0.39 is 11.7 Å². The average molecular weight is 395 g/mol. The van der Waals surface area contributed by atoms with Crippen LogP contribution in [0.15, 0.2) is 18.3 Å². The van der Waals surface area contributed by atoms with Crippen molar-refractivity contribution in [2.45, 2.75) is 32.9 Å². The molecule has 2 aromatic rings. The van der Waals surface area contributed by atoms with Crippen molar-refractivity contribution in [3.63, 3.8) is 0 Å². The number of nitrogens with zero attached hydrogens (tertiary/aromatic N) is 5. The molecule has 1 aliphatic heterocycles. The Morgan fingerprint density at radius 2 is 1.89 bits per heavy atom. The van der Waals surface area contributed by atoms with E-state index in [0.717, 1.165) is 35.6 Å². The summed E-state index contributed by atoms with van der Waals surface area (Å²) in [6.07, 6.45) is -2.49. The molecule has 0 bridgehead atoms. The summed E-state index contributed by atoms with van der Waals surface area (Å²) >= 11 is 0. The first-order valence-corrected chi connectivity index (χ1v) is 9.22. The van der Waals surface area contributed by atoms with Crippen molar-refractivity contribution in [2.75, 3.05) is 31.1 Å². The molecule has 2 aromatic heterocycles. The molecule has 0 saturated carbocycles. The fourth-order valence-electron chi connectivity index (χ4n) is 3.47. The molecule has 0 N–H and O–H groups in total. The number of hydrogen-bond donors (Lipinski definition) is 0. The first-order valence-electron chi connectivity index (χ1n) is 9.22. The van der Waals surface area contributed by atoms with E-state index >= 15 is 0 Å². The highest BCUT2D eigenvalue weighted by atomic mass is 19.4. The molecule has 0 unspecified atom stereocenters. The summed E-state index contributed by atoms with van der Waals surface area (Å²) in [5, 5.41) is 4.35. The molecule has 28 heavy (non-hydrogen) atoms. The molecular formula is C19H24F3N5O. The van der Waals surface area contributed by atoms with Crippen molar-refractivity contribution in [2.24, 2.45) is 7.05 Å². The summed E-state index contributed by atoms with van der Waals surface area (Å²) in [6, 6.07) is 2.44. The SMILES string of the molecule is Cc1nn(C)c(C)c1CC(=O)N1CCCN(c2ccc(C(F)(F)F)cn2)CC1. The van der Waals surface area contributed by atoms with Gasteiger partial charge in [-0.2, -0.15) is 18.3 Å². The fraction of sp³-hybridized carbons (Fsp3) is 0.526. The number of halogens is 3. The van der Waals surface area contributed by atoms with Gasteiger partial charge in [-0.05, 0) is 32.4 Å². The fourth-order valence-corrected chi connectivity index (χ4v) is 3.47. The Morgan fingerprint density at radius 3 is 2.46 bits per heavy atom. The number of hydrogen-bond acceptors (Lipinski definition) is 4. The lowest BCUT2D eigenvalue weighted by molar-refractivity contribution is -0.137. The summed E-state index contributed by atoms with van der Waals surface area (Å²) in [5.41, 5.74) is 2.04. The third-order valence-electron chi connectivity index (χ3n) is 5.23. The van der Waals surface area contributed by atoms with Crippen molar-refractivity contribution < 1.29 is 18.0 Å². The lowest BCUT2D eigenvalue weighted by Gasteiger charge is -2.23. The minimum atomic E-state index is -4.39. The minimum Gasteiger partial charge on any atom is -0.355 e. The van der Waals surface area contributed by atoms with Crippen molar-refractivity contribution in [3.05, 3.63) is 40.8 Å². The largest absolute Gasteiger partial charge is 0.417 e. The van der Waals surface area contributed by atoms with Crippen LogP contribution in [0.2, 0.25) is 0 Å². The lowest BCUT2D eigenvalue weighted by atomic mass is 10.1. The monoisotopic (exact) mass is 395 g/mol. The van der Waals surface area contributed by atoms with Gasteiger partial charge in [0.25, 0.3) is 0 Å². The standard InChI is InChI=1S/C19H24F3N5O/c1-13-16(14(2)25(3)24-13)11-18(28)27-8-4-7-26(9-10-27)17-6-5-15(12-23-17)19(20,21)22/h5-6,12H,4,7-11H2,1-3H3. The number of aromatic nitrogens is 3. The molecule has 0 spiro atoms. The number of rotatable bonds is 3. The molecular weight excluding hydrogens is 371 g/mol. The van der Waals surface area contributed by atoms with Gasteiger partial charge in [-0.15, -0.1) is 0 Å². The normalized spacial score (nSPS) is 15.6. The summed E-state index contributed by atoms with van der Waals surface area (Å²) in [7, 11) is 1.86. The van der Waals surface area contributed by atoms with Crippen LogP contribution >= 0.6 is 0 Å². The minimum absolute atomic E-state index is 0.0430. The van der Waals surface area contributed by atoms with E-state index in [-0.39, 0.29) is 5.91 Å². The van der Waals surface area contributed by atoms with Crippen molar-refractivity contribution >= 4 is 11.7 Å². The molecule has 1 fully saturated rings. The number of aryl methyl sites for hydroxylation is 2. The molecule has 0 atom stereocenters. The average Bonchev–Trinajstić information content (AvgIpc) is 2.84. The van der Waals surface area contributed by atoms with Gasteiger partial charge in [0.1, 0.15) is 5.82 Å². The van der Waals surface area contributed by atoms with Crippen LogP contribution in [0.25, 0.3) is 0 Å². The highest BCUT2D eigenvalue weighted by molar-refractivity contribution is 5.79. The van der Waals surface area contributed by atoms with E-state index in [1.807, 2.05) is 30.7 Å². The predicted octanol–water partition coefficient (Wildman–Crippen LogP) is 2.73. The van der Waals surface area contributed by atoms with Gasteiger partial charge >= 0.3 is 6.18 Å². The Balaban J connectivity index is 1.63. The van der Waals surface area contributed by atoms with E-state index in [1.165, 1.54) is 6.07 Å². The highest BCUT2D eigenvalue weighted by Gasteiger charge is 2.31. The van der Waals surface area contributed by atoms with Gasteiger partial charge in [-0.1, -0.05) is 0 Å². The third kappa shape index (κ3) is 4.28. The predicted molar refractivity (Wildman–Crippen MR) is 99.0 cm³/mol. The van der Waals surface area contributed by atoms with Crippen LogP contribution in [0.4, 0.5) is 19.0 Å². The Bertz CT molecular complexity index is 844. The maximum Gasteiger partial charge on any atom is 0.417 e. The Hall–Kier alpha value is -2.58. The molecule has 0 aromatic carbocycles. The smallest absolute Gasteiger partial charge is 0.355 e. The zero-order valence-electron chi connectivity index (χ0n) is 16.3. The number of anilines is 1. The Kier molecular flexibility index (Phi) is 5.62. The third-order valence-corrected chi connectivity index (χ3v) is 5.23. The van der Waals surface area contributed by atoms with Crippen LogP contribution in [0.5, 0.6) is 0 Å². The molecule has 1 amide bonds. The Labute approximate surface area is 162 Å². The highest BCUT2D eigenvalue weighted by Crippen LogP contribution is 2.29. The maximum absolute atomic E-state index is 12.8. The van der Waals surface area contributed by atoms with E-state index in [2.05, 4.69) is 10.1 Å². The zero-order valence-corrected chi connectivity index (χ0v) is 16.3. The number of carbonyl (C=O) groups is 1. The second-order valence-electron chi connectivity index (χ2n) is 7.07. The van der Waals surface area contributed by atoms with Crippen molar-refractivity contribution in [1.29, 1.82) is 0 Å².